The van der Waals surface area contributed by atoms with Crippen molar-refractivity contribution < 1.29 is 23.8 Å². The van der Waals surface area contributed by atoms with Gasteiger partial charge in [0.25, 0.3) is 0 Å². The van der Waals surface area contributed by atoms with E-state index < -0.39 is 0 Å². The van der Waals surface area contributed by atoms with Crippen LogP contribution >= 0.6 is 0 Å². The number of ether oxygens (including phenoxy) is 3. The minimum absolute atomic E-state index is 0.119. The Morgan fingerprint density at radius 2 is 1.69 bits per heavy atom. The van der Waals surface area contributed by atoms with E-state index in [2.05, 4.69) is 5.32 Å². The van der Waals surface area contributed by atoms with Crippen LogP contribution in [-0.4, -0.2) is 61.4 Å². The highest BCUT2D eigenvalue weighted by molar-refractivity contribution is 5.98. The van der Waals surface area contributed by atoms with Gasteiger partial charge in [-0.1, -0.05) is 24.3 Å². The van der Waals surface area contributed by atoms with Crippen LogP contribution in [0.1, 0.15) is 5.56 Å². The summed E-state index contributed by atoms with van der Waals surface area (Å²) < 4.78 is 17.8. The lowest BCUT2D eigenvalue weighted by Gasteiger charge is -2.15. The van der Waals surface area contributed by atoms with Crippen molar-refractivity contribution in [1.29, 1.82) is 0 Å². The van der Waals surface area contributed by atoms with Crippen LogP contribution in [0.2, 0.25) is 0 Å². The number of anilines is 1. The number of nitrogens with zero attached hydrogens (tertiary/aromatic N) is 3. The molecule has 1 N–H and O–H groups in total. The van der Waals surface area contributed by atoms with Gasteiger partial charge in [0.1, 0.15) is 11.4 Å². The summed E-state index contributed by atoms with van der Waals surface area (Å²) in [5.74, 6) is 1.14. The van der Waals surface area contributed by atoms with Crippen molar-refractivity contribution in [2.45, 2.75) is 0 Å². The number of para-hydroxylation sites is 1. The quantitative estimate of drug-likeness (QED) is 0.302. The molecule has 0 aliphatic carbocycles. The number of rotatable bonds is 10. The standard InChI is InChI=1S/C30H30N4O5/c1-33(20-28(35)31-23-9-8-12-25(18-23)37-2)29(36)16-14-22-19-34(24-10-6-5-7-11-24)32-30(22)21-13-15-26(38-3)27(17-21)39-4/h5-19H,20H2,1-4H3,(H,31,35)/b16-14+. The van der Waals surface area contributed by atoms with Crippen LogP contribution in [0.4, 0.5) is 5.69 Å². The molecule has 0 radical (unpaired) electrons. The normalized spacial score (nSPS) is 10.8. The zero-order chi connectivity index (χ0) is 27.8. The molecule has 0 saturated carbocycles. The molecule has 4 aromatic rings. The first-order valence-corrected chi connectivity index (χ1v) is 12.2. The molecule has 0 atom stereocenters. The smallest absolute Gasteiger partial charge is 0.246 e. The minimum Gasteiger partial charge on any atom is -0.497 e. The Bertz CT molecular complexity index is 1480. The second-order valence-electron chi connectivity index (χ2n) is 8.59. The molecule has 2 amide bonds. The van der Waals surface area contributed by atoms with E-state index in [1.807, 2.05) is 54.7 Å². The molecule has 0 unspecified atom stereocenters. The maximum absolute atomic E-state index is 12.9. The number of carbonyl (C=O) groups is 2. The van der Waals surface area contributed by atoms with E-state index in [0.717, 1.165) is 11.3 Å². The molecule has 1 heterocycles. The SMILES string of the molecule is COc1cccc(NC(=O)CN(C)C(=O)/C=C/c2cn(-c3ccccc3)nc2-c2ccc(OC)c(OC)c2)c1. The Kier molecular flexibility index (Phi) is 8.63. The molecule has 9 heteroatoms. The molecule has 3 aromatic carbocycles. The maximum atomic E-state index is 12.9. The third kappa shape index (κ3) is 6.64. The van der Waals surface area contributed by atoms with Gasteiger partial charge in [-0.15, -0.1) is 0 Å². The molecule has 1 aromatic heterocycles. The highest BCUT2D eigenvalue weighted by Gasteiger charge is 2.15. The van der Waals surface area contributed by atoms with Crippen molar-refractivity contribution in [3.05, 3.63) is 90.6 Å². The largest absolute Gasteiger partial charge is 0.497 e. The van der Waals surface area contributed by atoms with Gasteiger partial charge in [0.05, 0.1) is 33.6 Å². The van der Waals surface area contributed by atoms with Crippen LogP contribution in [0, 0.1) is 0 Å². The lowest BCUT2D eigenvalue weighted by atomic mass is 10.1. The third-order valence-corrected chi connectivity index (χ3v) is 5.94. The number of nitrogens with one attached hydrogen (secondary N) is 1. The summed E-state index contributed by atoms with van der Waals surface area (Å²) in [6.07, 6.45) is 4.97. The average molecular weight is 527 g/mol. The number of benzene rings is 3. The monoisotopic (exact) mass is 526 g/mol. The number of aromatic nitrogens is 2. The van der Waals surface area contributed by atoms with Gasteiger partial charge in [-0.25, -0.2) is 4.68 Å². The fraction of sp³-hybridized carbons (Fsp3) is 0.167. The molecule has 0 spiro atoms. The first-order chi connectivity index (χ1) is 18.9. The summed E-state index contributed by atoms with van der Waals surface area (Å²) in [4.78, 5) is 26.7. The average Bonchev–Trinajstić information content (AvgIpc) is 3.40. The van der Waals surface area contributed by atoms with Crippen molar-refractivity contribution in [3.63, 3.8) is 0 Å². The van der Waals surface area contributed by atoms with E-state index in [0.29, 0.717) is 34.2 Å². The van der Waals surface area contributed by atoms with Gasteiger partial charge >= 0.3 is 0 Å². The van der Waals surface area contributed by atoms with Gasteiger partial charge < -0.3 is 24.4 Å². The number of carbonyl (C=O) groups excluding carboxylic acids is 2. The Morgan fingerprint density at radius 1 is 0.923 bits per heavy atom. The van der Waals surface area contributed by atoms with Gasteiger partial charge in [-0.3, -0.25) is 9.59 Å². The molecule has 39 heavy (non-hydrogen) atoms. The zero-order valence-electron chi connectivity index (χ0n) is 22.3. The second-order valence-corrected chi connectivity index (χ2v) is 8.59. The highest BCUT2D eigenvalue weighted by Crippen LogP contribution is 2.33. The van der Waals surface area contributed by atoms with E-state index >= 15 is 0 Å². The molecule has 0 saturated heterocycles. The lowest BCUT2D eigenvalue weighted by molar-refractivity contribution is -0.129. The van der Waals surface area contributed by atoms with E-state index in [4.69, 9.17) is 19.3 Å². The third-order valence-electron chi connectivity index (χ3n) is 5.94. The van der Waals surface area contributed by atoms with E-state index in [-0.39, 0.29) is 18.4 Å². The topological polar surface area (TPSA) is 94.9 Å². The van der Waals surface area contributed by atoms with Crippen LogP contribution in [0.5, 0.6) is 17.2 Å². The van der Waals surface area contributed by atoms with Crippen LogP contribution in [0.25, 0.3) is 23.0 Å². The zero-order valence-corrected chi connectivity index (χ0v) is 22.3. The van der Waals surface area contributed by atoms with Gasteiger partial charge in [0, 0.05) is 42.2 Å². The molecule has 4 rings (SSSR count). The van der Waals surface area contributed by atoms with Crippen LogP contribution in [0.15, 0.2) is 85.1 Å². The van der Waals surface area contributed by atoms with Crippen molar-refractivity contribution in [2.75, 3.05) is 40.2 Å². The molecule has 0 aliphatic heterocycles. The van der Waals surface area contributed by atoms with Crippen LogP contribution in [0.3, 0.4) is 0 Å². The second kappa shape index (κ2) is 12.5. The van der Waals surface area contributed by atoms with Crippen molar-refractivity contribution in [3.8, 4) is 34.2 Å². The summed E-state index contributed by atoms with van der Waals surface area (Å²) in [5, 5.41) is 7.56. The predicted octanol–water partition coefficient (Wildman–Crippen LogP) is 4.68. The van der Waals surface area contributed by atoms with Gasteiger partial charge in [-0.2, -0.15) is 5.10 Å². The Labute approximate surface area is 227 Å². The Balaban J connectivity index is 1.55. The van der Waals surface area contributed by atoms with Gasteiger partial charge in [0.15, 0.2) is 11.5 Å². The minimum atomic E-state index is -0.332. The summed E-state index contributed by atoms with van der Waals surface area (Å²) in [6, 6.07) is 22.2. The van der Waals surface area contributed by atoms with Gasteiger partial charge in [-0.05, 0) is 48.5 Å². The van der Waals surface area contributed by atoms with Gasteiger partial charge in [0.2, 0.25) is 11.8 Å². The Morgan fingerprint density at radius 3 is 2.41 bits per heavy atom. The maximum Gasteiger partial charge on any atom is 0.246 e. The molecule has 0 aliphatic rings. The number of hydrogen-bond donors (Lipinski definition) is 1. The summed E-state index contributed by atoms with van der Waals surface area (Å²) >= 11 is 0. The molecule has 9 nitrogen and oxygen atoms in total. The fourth-order valence-electron chi connectivity index (χ4n) is 3.91. The first-order valence-electron chi connectivity index (χ1n) is 12.2. The van der Waals surface area contributed by atoms with Crippen molar-refractivity contribution >= 4 is 23.6 Å². The molecule has 0 fully saturated rings. The fourth-order valence-corrected chi connectivity index (χ4v) is 3.91. The lowest BCUT2D eigenvalue weighted by Crippen LogP contribution is -2.33. The summed E-state index contributed by atoms with van der Waals surface area (Å²) in [5.41, 5.74) is 3.62. The van der Waals surface area contributed by atoms with Crippen molar-refractivity contribution in [2.24, 2.45) is 0 Å². The van der Waals surface area contributed by atoms with E-state index in [9.17, 15) is 9.59 Å². The molecule has 200 valence electrons. The van der Waals surface area contributed by atoms with Crippen LogP contribution < -0.4 is 19.5 Å². The molecular weight excluding hydrogens is 496 g/mol. The Hall–Kier alpha value is -5.05. The number of amides is 2. The molecular formula is C30H30N4O5. The molecule has 0 bridgehead atoms. The highest BCUT2D eigenvalue weighted by atomic mass is 16.5. The predicted molar refractivity (Wildman–Crippen MR) is 150 cm³/mol. The van der Waals surface area contributed by atoms with Crippen molar-refractivity contribution in [1.82, 2.24) is 14.7 Å². The number of likely N-dealkylation sites (N-methyl/N-ethyl adjacent to an activating group) is 1. The first kappa shape index (κ1) is 27.0. The summed E-state index contributed by atoms with van der Waals surface area (Å²) in [7, 11) is 6.28. The van der Waals surface area contributed by atoms with E-state index in [1.54, 1.807) is 63.4 Å². The summed E-state index contributed by atoms with van der Waals surface area (Å²) in [6.45, 7) is -0.119. The number of hydrogen-bond acceptors (Lipinski definition) is 6. The van der Waals surface area contributed by atoms with E-state index in [1.165, 1.54) is 11.0 Å². The van der Waals surface area contributed by atoms with Crippen LogP contribution in [-0.2, 0) is 9.59 Å². The number of methoxy groups -OCH3 is 3.